The number of ketones is 1. The molecule has 0 saturated heterocycles. The standard InChI is InChI=1S/C24H25NO5/c1-12-11-19(27)17-9-6-10-18(23(17)29-12)22-20(15(4)26)13(2)25-14(3)21(22)24(28)30-16-7-5-8-16/h6,9-11,16,22,25H,5,7-8H2,1-4H3. The molecule has 0 spiro atoms. The fourth-order valence-electron chi connectivity index (χ4n) is 4.29. The average molecular weight is 407 g/mol. The van der Waals surface area contributed by atoms with Crippen LogP contribution in [0.3, 0.4) is 0 Å². The third-order valence-electron chi connectivity index (χ3n) is 5.90. The molecule has 0 bridgehead atoms. The number of fused-ring (bicyclic) bond motifs is 1. The van der Waals surface area contributed by atoms with E-state index in [2.05, 4.69) is 5.32 Å². The Morgan fingerprint density at radius 2 is 1.80 bits per heavy atom. The monoisotopic (exact) mass is 407 g/mol. The summed E-state index contributed by atoms with van der Waals surface area (Å²) in [5, 5.41) is 3.58. The van der Waals surface area contributed by atoms with Gasteiger partial charge in [0.1, 0.15) is 17.4 Å². The zero-order valence-electron chi connectivity index (χ0n) is 17.6. The summed E-state index contributed by atoms with van der Waals surface area (Å²) in [5.74, 6) is -0.797. The maximum atomic E-state index is 13.2. The largest absolute Gasteiger partial charge is 0.461 e. The predicted octanol–water partition coefficient (Wildman–Crippen LogP) is 4.02. The van der Waals surface area contributed by atoms with Crippen molar-refractivity contribution in [2.24, 2.45) is 0 Å². The maximum Gasteiger partial charge on any atom is 0.337 e. The minimum Gasteiger partial charge on any atom is -0.461 e. The molecule has 6 heteroatoms. The van der Waals surface area contributed by atoms with Crippen molar-refractivity contribution in [1.82, 2.24) is 5.32 Å². The number of ether oxygens (including phenoxy) is 1. The second-order valence-electron chi connectivity index (χ2n) is 8.09. The molecule has 2 aromatic rings. The molecule has 1 aliphatic carbocycles. The molecule has 0 amide bonds. The molecule has 1 atom stereocenters. The number of carbonyl (C=O) groups is 2. The highest BCUT2D eigenvalue weighted by molar-refractivity contribution is 6.03. The van der Waals surface area contributed by atoms with E-state index in [-0.39, 0.29) is 17.3 Å². The van der Waals surface area contributed by atoms with Gasteiger partial charge in [-0.1, -0.05) is 12.1 Å². The predicted molar refractivity (Wildman–Crippen MR) is 113 cm³/mol. The highest BCUT2D eigenvalue weighted by Crippen LogP contribution is 2.42. The van der Waals surface area contributed by atoms with Crippen molar-refractivity contribution in [1.29, 1.82) is 0 Å². The number of benzene rings is 1. The van der Waals surface area contributed by atoms with Gasteiger partial charge in [0, 0.05) is 28.6 Å². The third-order valence-corrected chi connectivity index (χ3v) is 5.90. The number of nitrogens with one attached hydrogen (secondary N) is 1. The van der Waals surface area contributed by atoms with Crippen LogP contribution in [-0.4, -0.2) is 17.9 Å². The number of aryl methyl sites for hydroxylation is 1. The molecule has 0 radical (unpaired) electrons. The van der Waals surface area contributed by atoms with Crippen LogP contribution in [0.15, 0.2) is 56.0 Å². The summed E-state index contributed by atoms with van der Waals surface area (Å²) in [5.41, 5.74) is 3.01. The first-order valence-electron chi connectivity index (χ1n) is 10.2. The zero-order chi connectivity index (χ0) is 21.6. The summed E-state index contributed by atoms with van der Waals surface area (Å²) in [7, 11) is 0. The minimum absolute atomic E-state index is 0.0843. The van der Waals surface area contributed by atoms with Gasteiger partial charge in [-0.05, 0) is 53.0 Å². The van der Waals surface area contributed by atoms with Crippen molar-refractivity contribution < 1.29 is 18.7 Å². The molecule has 156 valence electrons. The van der Waals surface area contributed by atoms with Crippen LogP contribution in [0.1, 0.15) is 57.3 Å². The fourth-order valence-corrected chi connectivity index (χ4v) is 4.29. The molecule has 1 unspecified atom stereocenters. The Balaban J connectivity index is 1.95. The lowest BCUT2D eigenvalue weighted by Gasteiger charge is -2.33. The Labute approximate surface area is 174 Å². The van der Waals surface area contributed by atoms with Gasteiger partial charge in [0.2, 0.25) is 0 Å². The van der Waals surface area contributed by atoms with Crippen molar-refractivity contribution >= 4 is 22.7 Å². The van der Waals surface area contributed by atoms with Crippen molar-refractivity contribution in [3.63, 3.8) is 0 Å². The minimum atomic E-state index is -0.676. The topological polar surface area (TPSA) is 85.6 Å². The van der Waals surface area contributed by atoms with Crippen molar-refractivity contribution in [3.05, 3.63) is 68.4 Å². The van der Waals surface area contributed by atoms with Gasteiger partial charge in [0.15, 0.2) is 11.2 Å². The van der Waals surface area contributed by atoms with Crippen molar-refractivity contribution in [2.75, 3.05) is 0 Å². The number of dihydropyridines is 1. The van der Waals surface area contributed by atoms with E-state index in [1.165, 1.54) is 13.0 Å². The Morgan fingerprint density at radius 1 is 1.10 bits per heavy atom. The van der Waals surface area contributed by atoms with Crippen LogP contribution in [0.25, 0.3) is 11.0 Å². The summed E-state index contributed by atoms with van der Waals surface area (Å²) >= 11 is 0. The summed E-state index contributed by atoms with van der Waals surface area (Å²) in [6, 6.07) is 6.69. The number of Topliss-reactive ketones (excluding diaryl/α,β-unsaturated/α-hetero) is 1. The Kier molecular flexibility index (Phi) is 5.10. The lowest BCUT2D eigenvalue weighted by Crippen LogP contribution is -2.34. The smallest absolute Gasteiger partial charge is 0.337 e. The molecular weight excluding hydrogens is 382 g/mol. The number of para-hydroxylation sites is 1. The van der Waals surface area contributed by atoms with E-state index in [0.717, 1.165) is 19.3 Å². The summed E-state index contributed by atoms with van der Waals surface area (Å²) < 4.78 is 11.6. The molecule has 1 saturated carbocycles. The summed E-state index contributed by atoms with van der Waals surface area (Å²) in [4.78, 5) is 38.4. The highest BCUT2D eigenvalue weighted by atomic mass is 16.5. The van der Waals surface area contributed by atoms with E-state index in [0.29, 0.717) is 44.8 Å². The first kappa shape index (κ1) is 20.1. The van der Waals surface area contributed by atoms with E-state index in [1.807, 2.05) is 6.92 Å². The zero-order valence-corrected chi connectivity index (χ0v) is 17.6. The van der Waals surface area contributed by atoms with Gasteiger partial charge >= 0.3 is 5.97 Å². The lowest BCUT2D eigenvalue weighted by atomic mass is 9.78. The lowest BCUT2D eigenvalue weighted by molar-refractivity contribution is -0.148. The van der Waals surface area contributed by atoms with Crippen molar-refractivity contribution in [3.8, 4) is 0 Å². The molecule has 1 N–H and O–H groups in total. The van der Waals surface area contributed by atoms with Gasteiger partial charge in [0.25, 0.3) is 0 Å². The van der Waals surface area contributed by atoms with E-state index in [4.69, 9.17) is 9.15 Å². The number of hydrogen-bond donors (Lipinski definition) is 1. The molecule has 6 nitrogen and oxygen atoms in total. The van der Waals surface area contributed by atoms with E-state index in [9.17, 15) is 14.4 Å². The third kappa shape index (κ3) is 3.36. The Hall–Kier alpha value is -3.15. The quantitative estimate of drug-likeness (QED) is 0.771. The van der Waals surface area contributed by atoms with E-state index >= 15 is 0 Å². The van der Waals surface area contributed by atoms with E-state index < -0.39 is 11.9 Å². The first-order chi connectivity index (χ1) is 14.3. The molecular formula is C24H25NO5. The maximum absolute atomic E-state index is 13.2. The van der Waals surface area contributed by atoms with Crippen LogP contribution in [0.5, 0.6) is 0 Å². The van der Waals surface area contributed by atoms with Gasteiger partial charge in [-0.2, -0.15) is 0 Å². The van der Waals surface area contributed by atoms with Crippen LogP contribution >= 0.6 is 0 Å². The Bertz CT molecular complexity index is 1180. The first-order valence-corrected chi connectivity index (χ1v) is 10.2. The number of hydrogen-bond acceptors (Lipinski definition) is 6. The highest BCUT2D eigenvalue weighted by Gasteiger charge is 2.38. The SMILES string of the molecule is CC(=O)C1=C(C)NC(C)=C(C(=O)OC2CCC2)C1c1cccc2c(=O)cc(C)oc12. The normalized spacial score (nSPS) is 19.5. The molecule has 4 rings (SSSR count). The molecule has 2 aliphatic rings. The molecule has 30 heavy (non-hydrogen) atoms. The Morgan fingerprint density at radius 3 is 2.43 bits per heavy atom. The average Bonchev–Trinajstić information content (AvgIpc) is 2.63. The summed E-state index contributed by atoms with van der Waals surface area (Å²) in [6.45, 7) is 6.81. The number of esters is 1. The molecule has 1 aromatic heterocycles. The fraction of sp³-hybridized carbons (Fsp3) is 0.375. The van der Waals surface area contributed by atoms with Crippen LogP contribution in [0.2, 0.25) is 0 Å². The molecule has 2 heterocycles. The van der Waals surface area contributed by atoms with Gasteiger partial charge in [-0.15, -0.1) is 0 Å². The summed E-state index contributed by atoms with van der Waals surface area (Å²) in [6.07, 6.45) is 2.67. The van der Waals surface area contributed by atoms with Gasteiger partial charge in [-0.3, -0.25) is 9.59 Å². The number of allylic oxidation sites excluding steroid dienone is 3. The second kappa shape index (κ2) is 7.59. The molecule has 1 fully saturated rings. The van der Waals surface area contributed by atoms with Crippen LogP contribution in [-0.2, 0) is 14.3 Å². The van der Waals surface area contributed by atoms with Gasteiger partial charge in [-0.25, -0.2) is 4.79 Å². The number of carbonyl (C=O) groups excluding carboxylic acids is 2. The van der Waals surface area contributed by atoms with Crippen LogP contribution < -0.4 is 10.7 Å². The molecule has 1 aliphatic heterocycles. The number of rotatable bonds is 4. The van der Waals surface area contributed by atoms with Crippen molar-refractivity contribution in [2.45, 2.75) is 59.0 Å². The van der Waals surface area contributed by atoms with Gasteiger partial charge in [0.05, 0.1) is 16.9 Å². The molecule has 1 aromatic carbocycles. The van der Waals surface area contributed by atoms with Crippen LogP contribution in [0, 0.1) is 6.92 Å². The van der Waals surface area contributed by atoms with E-state index in [1.54, 1.807) is 32.0 Å². The second-order valence-corrected chi connectivity index (χ2v) is 8.09. The van der Waals surface area contributed by atoms with Gasteiger partial charge < -0.3 is 14.5 Å². The van der Waals surface area contributed by atoms with Crippen LogP contribution in [0.4, 0.5) is 0 Å².